The number of likely N-dealkylation sites (N-methyl/N-ethyl adjacent to an activating group) is 1. The summed E-state index contributed by atoms with van der Waals surface area (Å²) >= 11 is 3.64. The van der Waals surface area contributed by atoms with Crippen LogP contribution in [0.4, 0.5) is 0 Å². The van der Waals surface area contributed by atoms with Gasteiger partial charge < -0.3 is 10.1 Å². The molecule has 21 heavy (non-hydrogen) atoms. The van der Waals surface area contributed by atoms with E-state index < -0.39 is 0 Å². The Morgan fingerprint density at radius 3 is 2.90 bits per heavy atom. The summed E-state index contributed by atoms with van der Waals surface area (Å²) in [6, 6.07) is 5.01. The maximum absolute atomic E-state index is 5.86. The van der Waals surface area contributed by atoms with Crippen LogP contribution in [0.15, 0.2) is 16.6 Å². The second-order valence-corrected chi connectivity index (χ2v) is 7.48. The first-order chi connectivity index (χ1) is 10.3. The molecule has 0 radical (unpaired) electrons. The van der Waals surface area contributed by atoms with Crippen LogP contribution in [-0.2, 0) is 12.8 Å². The van der Waals surface area contributed by atoms with E-state index in [-0.39, 0.29) is 0 Å². The lowest BCUT2D eigenvalue weighted by atomic mass is 9.94. The number of hydrogen-bond acceptors (Lipinski definition) is 2. The van der Waals surface area contributed by atoms with Crippen LogP contribution < -0.4 is 10.1 Å². The highest BCUT2D eigenvalue weighted by atomic mass is 79.9. The molecule has 3 heteroatoms. The van der Waals surface area contributed by atoms with Gasteiger partial charge in [-0.1, -0.05) is 41.6 Å². The molecule has 0 saturated heterocycles. The van der Waals surface area contributed by atoms with Crippen molar-refractivity contribution in [3.63, 3.8) is 0 Å². The number of benzene rings is 1. The van der Waals surface area contributed by atoms with Crippen molar-refractivity contribution >= 4 is 15.9 Å². The Labute approximate surface area is 136 Å². The molecular weight excluding hydrogens is 326 g/mol. The highest BCUT2D eigenvalue weighted by Gasteiger charge is 2.21. The van der Waals surface area contributed by atoms with Crippen molar-refractivity contribution in [1.29, 1.82) is 0 Å². The highest BCUT2D eigenvalue weighted by molar-refractivity contribution is 9.10. The first kappa shape index (κ1) is 15.4. The van der Waals surface area contributed by atoms with Gasteiger partial charge in [-0.2, -0.15) is 0 Å². The van der Waals surface area contributed by atoms with Gasteiger partial charge in [0, 0.05) is 16.9 Å². The fourth-order valence-electron chi connectivity index (χ4n) is 3.85. The van der Waals surface area contributed by atoms with Crippen LogP contribution in [0.5, 0.6) is 5.75 Å². The molecule has 1 atom stereocenters. The Kier molecular flexibility index (Phi) is 5.23. The summed E-state index contributed by atoms with van der Waals surface area (Å²) in [7, 11) is 2.10. The van der Waals surface area contributed by atoms with Crippen LogP contribution in [0.3, 0.4) is 0 Å². The molecule has 3 rings (SSSR count). The highest BCUT2D eigenvalue weighted by Crippen LogP contribution is 2.34. The van der Waals surface area contributed by atoms with Crippen LogP contribution in [0.25, 0.3) is 0 Å². The molecule has 0 aromatic heterocycles. The molecule has 1 aromatic rings. The van der Waals surface area contributed by atoms with Crippen LogP contribution in [-0.4, -0.2) is 19.7 Å². The Morgan fingerprint density at radius 2 is 2.14 bits per heavy atom. The standard InChI is InChI=1S/C18H26BrNO/c1-20-17(7-6-13-4-2-3-5-13)12-15-11-16(19)10-14-8-9-21-18(14)15/h10-11,13,17,20H,2-9,12H2,1H3. The normalized spacial score (nSPS) is 19.5. The van der Waals surface area contributed by atoms with Gasteiger partial charge in [0.2, 0.25) is 0 Å². The van der Waals surface area contributed by atoms with E-state index in [1.54, 1.807) is 0 Å². The quantitative estimate of drug-likeness (QED) is 0.815. The summed E-state index contributed by atoms with van der Waals surface area (Å²) in [5.74, 6) is 2.13. The molecule has 2 nitrogen and oxygen atoms in total. The molecule has 1 aliphatic carbocycles. The maximum atomic E-state index is 5.86. The summed E-state index contributed by atoms with van der Waals surface area (Å²) in [4.78, 5) is 0. The molecule has 1 fully saturated rings. The zero-order valence-electron chi connectivity index (χ0n) is 13.0. The predicted octanol–water partition coefficient (Wildman–Crippen LogP) is 4.48. The van der Waals surface area contributed by atoms with Crippen molar-refractivity contribution in [3.8, 4) is 5.75 Å². The number of halogens is 1. The lowest BCUT2D eigenvalue weighted by molar-refractivity contribution is 0.350. The van der Waals surface area contributed by atoms with E-state index >= 15 is 0 Å². The molecule has 1 N–H and O–H groups in total. The van der Waals surface area contributed by atoms with E-state index in [0.29, 0.717) is 6.04 Å². The minimum Gasteiger partial charge on any atom is -0.493 e. The molecule has 0 amide bonds. The molecule has 1 aromatic carbocycles. The Balaban J connectivity index is 1.63. The lowest BCUT2D eigenvalue weighted by Gasteiger charge is -2.20. The van der Waals surface area contributed by atoms with Crippen molar-refractivity contribution in [2.24, 2.45) is 5.92 Å². The van der Waals surface area contributed by atoms with Crippen molar-refractivity contribution in [3.05, 3.63) is 27.7 Å². The topological polar surface area (TPSA) is 21.3 Å². The van der Waals surface area contributed by atoms with Crippen LogP contribution in [0.2, 0.25) is 0 Å². The second kappa shape index (κ2) is 7.15. The van der Waals surface area contributed by atoms with Gasteiger partial charge in [-0.15, -0.1) is 0 Å². The van der Waals surface area contributed by atoms with Gasteiger partial charge in [0.05, 0.1) is 6.61 Å². The van der Waals surface area contributed by atoms with Gasteiger partial charge in [0.1, 0.15) is 5.75 Å². The zero-order chi connectivity index (χ0) is 14.7. The fraction of sp³-hybridized carbons (Fsp3) is 0.667. The maximum Gasteiger partial charge on any atom is 0.125 e. The third-order valence-electron chi connectivity index (χ3n) is 5.10. The molecule has 0 bridgehead atoms. The molecule has 2 aliphatic rings. The average molecular weight is 352 g/mol. The largest absolute Gasteiger partial charge is 0.493 e. The van der Waals surface area contributed by atoms with Crippen molar-refractivity contribution in [2.45, 2.75) is 57.4 Å². The molecule has 1 heterocycles. The van der Waals surface area contributed by atoms with Crippen molar-refractivity contribution in [2.75, 3.05) is 13.7 Å². The van der Waals surface area contributed by atoms with E-state index in [0.717, 1.165) is 31.1 Å². The van der Waals surface area contributed by atoms with Gasteiger partial charge in [-0.05, 0) is 55.5 Å². The minimum absolute atomic E-state index is 0.563. The smallest absolute Gasteiger partial charge is 0.125 e. The van der Waals surface area contributed by atoms with Gasteiger partial charge >= 0.3 is 0 Å². The molecule has 0 spiro atoms. The second-order valence-electron chi connectivity index (χ2n) is 6.57. The van der Waals surface area contributed by atoms with Crippen LogP contribution >= 0.6 is 15.9 Å². The third-order valence-corrected chi connectivity index (χ3v) is 5.56. The Bertz CT molecular complexity index is 482. The van der Waals surface area contributed by atoms with E-state index in [9.17, 15) is 0 Å². The van der Waals surface area contributed by atoms with Gasteiger partial charge in [-0.25, -0.2) is 0 Å². The van der Waals surface area contributed by atoms with Gasteiger partial charge in [-0.3, -0.25) is 0 Å². The summed E-state index contributed by atoms with van der Waals surface area (Å²) in [6.45, 7) is 0.838. The Hall–Kier alpha value is -0.540. The summed E-state index contributed by atoms with van der Waals surface area (Å²) < 4.78 is 7.05. The number of hydrogen-bond donors (Lipinski definition) is 1. The number of fused-ring (bicyclic) bond motifs is 1. The third kappa shape index (κ3) is 3.81. The lowest BCUT2D eigenvalue weighted by Crippen LogP contribution is -2.28. The SMILES string of the molecule is CNC(CCC1CCCC1)Cc1cc(Br)cc2c1OCC2. The van der Waals surface area contributed by atoms with E-state index in [1.807, 2.05) is 0 Å². The molecule has 116 valence electrons. The molecule has 1 unspecified atom stereocenters. The minimum atomic E-state index is 0.563. The monoisotopic (exact) mass is 351 g/mol. The van der Waals surface area contributed by atoms with Crippen LogP contribution in [0.1, 0.15) is 49.7 Å². The predicted molar refractivity (Wildman–Crippen MR) is 91.1 cm³/mol. The Morgan fingerprint density at radius 1 is 1.33 bits per heavy atom. The first-order valence-electron chi connectivity index (χ1n) is 8.37. The van der Waals surface area contributed by atoms with Crippen LogP contribution in [0, 0.1) is 5.92 Å². The zero-order valence-corrected chi connectivity index (χ0v) is 14.5. The van der Waals surface area contributed by atoms with Gasteiger partial charge in [0.25, 0.3) is 0 Å². The van der Waals surface area contributed by atoms with E-state index in [4.69, 9.17) is 4.74 Å². The first-order valence-corrected chi connectivity index (χ1v) is 9.17. The molecular formula is C18H26BrNO. The number of ether oxygens (including phenoxy) is 1. The average Bonchev–Trinajstić information content (AvgIpc) is 3.13. The molecule has 1 aliphatic heterocycles. The summed E-state index contributed by atoms with van der Waals surface area (Å²) in [5.41, 5.74) is 2.73. The van der Waals surface area contributed by atoms with E-state index in [2.05, 4.69) is 40.4 Å². The van der Waals surface area contributed by atoms with Crippen molar-refractivity contribution in [1.82, 2.24) is 5.32 Å². The number of rotatable bonds is 6. The number of nitrogens with one attached hydrogen (secondary N) is 1. The van der Waals surface area contributed by atoms with E-state index in [1.165, 1.54) is 54.1 Å². The summed E-state index contributed by atoms with van der Waals surface area (Å²) in [6.07, 6.45) is 10.6. The van der Waals surface area contributed by atoms with Crippen molar-refractivity contribution < 1.29 is 4.74 Å². The molecule has 1 saturated carbocycles. The fourth-order valence-corrected chi connectivity index (χ4v) is 4.40. The van der Waals surface area contributed by atoms with Gasteiger partial charge in [0.15, 0.2) is 0 Å². The summed E-state index contributed by atoms with van der Waals surface area (Å²) in [5, 5.41) is 3.51.